The molecule has 0 saturated carbocycles. The number of hydrogen-bond donors (Lipinski definition) is 2. The number of carbonyl (C=O) groups excluding carboxylic acids is 2. The minimum Gasteiger partial charge on any atom is -0.445 e. The van der Waals surface area contributed by atoms with Crippen LogP contribution in [0.1, 0.15) is 28.5 Å². The Kier molecular flexibility index (Phi) is 13.0. The highest BCUT2D eigenvalue weighted by atomic mass is 32.2. The first kappa shape index (κ1) is 37.7. The summed E-state index contributed by atoms with van der Waals surface area (Å²) in [5, 5.41) is 10.3. The molecule has 17 heteroatoms. The number of nitrogens with one attached hydrogen (secondary N) is 2. The van der Waals surface area contributed by atoms with Crippen LogP contribution in [0.2, 0.25) is 0 Å². The summed E-state index contributed by atoms with van der Waals surface area (Å²) in [6, 6.07) is 7.35. The number of amides is 1. The molecule has 0 radical (unpaired) electrons. The fourth-order valence-electron chi connectivity index (χ4n) is 5.13. The lowest BCUT2D eigenvalue weighted by Gasteiger charge is -2.27. The lowest BCUT2D eigenvalue weighted by molar-refractivity contribution is 0.0777. The van der Waals surface area contributed by atoms with Crippen molar-refractivity contribution in [2.24, 2.45) is 0 Å². The van der Waals surface area contributed by atoms with Crippen LogP contribution in [-0.4, -0.2) is 120 Å². The third-order valence-electron chi connectivity index (χ3n) is 7.75. The Balaban J connectivity index is 1.68. The normalized spacial score (nSPS) is 13.3. The number of methoxy groups -OCH3 is 1. The van der Waals surface area contributed by atoms with E-state index >= 15 is 0 Å². The molecule has 2 aromatic carbocycles. The summed E-state index contributed by atoms with van der Waals surface area (Å²) in [6.45, 7) is 4.20. The molecule has 3 aromatic rings. The Morgan fingerprint density at radius 3 is 2.43 bits per heavy atom. The van der Waals surface area contributed by atoms with E-state index in [0.717, 1.165) is 39.9 Å². The van der Waals surface area contributed by atoms with E-state index in [4.69, 9.17) is 14.2 Å². The second-order valence-electron chi connectivity index (χ2n) is 11.5. The van der Waals surface area contributed by atoms with E-state index in [0.29, 0.717) is 37.2 Å². The van der Waals surface area contributed by atoms with E-state index in [1.807, 2.05) is 33.3 Å². The summed E-state index contributed by atoms with van der Waals surface area (Å²) in [7, 11) is 3.10. The zero-order chi connectivity index (χ0) is 35.7. The van der Waals surface area contributed by atoms with Crippen LogP contribution < -0.4 is 15.5 Å². The number of halogens is 2. The van der Waals surface area contributed by atoms with E-state index < -0.39 is 38.6 Å². The molecule has 0 bridgehead atoms. The molecule has 2 heterocycles. The maximum Gasteiger partial charge on any atom is 0.435 e. The van der Waals surface area contributed by atoms with Crippen molar-refractivity contribution in [3.8, 4) is 0 Å². The molecule has 2 N–H and O–H groups in total. The number of aromatic nitrogens is 2. The van der Waals surface area contributed by atoms with E-state index in [1.54, 1.807) is 20.1 Å². The van der Waals surface area contributed by atoms with E-state index in [9.17, 15) is 26.8 Å². The number of ether oxygens (including phenoxy) is 3. The van der Waals surface area contributed by atoms with Gasteiger partial charge >= 0.3 is 6.09 Å². The van der Waals surface area contributed by atoms with Gasteiger partial charge in [-0.25, -0.2) is 22.0 Å². The number of sulfonamides is 1. The van der Waals surface area contributed by atoms with Gasteiger partial charge in [-0.05, 0) is 51.4 Å². The third-order valence-corrected chi connectivity index (χ3v) is 9.57. The third kappa shape index (κ3) is 9.51. The first-order chi connectivity index (χ1) is 23.3. The Bertz CT molecular complexity index is 1720. The number of benzene rings is 2. The Hall–Kier alpha value is -4.16. The Morgan fingerprint density at radius 2 is 1.76 bits per heavy atom. The Morgan fingerprint density at radius 1 is 1.02 bits per heavy atom. The fourth-order valence-corrected chi connectivity index (χ4v) is 6.58. The highest BCUT2D eigenvalue weighted by molar-refractivity contribution is 7.89. The van der Waals surface area contributed by atoms with Crippen LogP contribution in [0.4, 0.5) is 30.8 Å². The summed E-state index contributed by atoms with van der Waals surface area (Å²) in [4.78, 5) is 30.5. The van der Waals surface area contributed by atoms with Crippen LogP contribution in [0.3, 0.4) is 0 Å². The van der Waals surface area contributed by atoms with Crippen LogP contribution in [0.5, 0.6) is 0 Å². The molecule has 0 saturated heterocycles. The molecule has 0 spiro atoms. The van der Waals surface area contributed by atoms with Gasteiger partial charge in [-0.15, -0.1) is 5.10 Å². The van der Waals surface area contributed by atoms with Crippen LogP contribution in [0, 0.1) is 11.6 Å². The highest BCUT2D eigenvalue weighted by Crippen LogP contribution is 2.32. The smallest absolute Gasteiger partial charge is 0.435 e. The molecule has 1 aliphatic heterocycles. The Labute approximate surface area is 284 Å². The minimum absolute atomic E-state index is 0.00635. The number of hydrogen-bond acceptors (Lipinski definition) is 11. The molecule has 0 fully saturated rings. The largest absolute Gasteiger partial charge is 0.445 e. The molecular formula is C32H43F2N7O7S. The van der Waals surface area contributed by atoms with Gasteiger partial charge in [-0.3, -0.25) is 4.79 Å². The molecule has 268 valence electrons. The van der Waals surface area contributed by atoms with E-state index in [-0.39, 0.29) is 49.7 Å². The summed E-state index contributed by atoms with van der Waals surface area (Å²) < 4.78 is 72.7. The maximum atomic E-state index is 14.0. The molecule has 4 rings (SSSR count). The van der Waals surface area contributed by atoms with Crippen molar-refractivity contribution in [3.63, 3.8) is 0 Å². The van der Waals surface area contributed by atoms with Crippen LogP contribution >= 0.6 is 0 Å². The van der Waals surface area contributed by atoms with Gasteiger partial charge in [0.15, 0.2) is 5.82 Å². The summed E-state index contributed by atoms with van der Waals surface area (Å²) in [5.41, 5.74) is 2.20. The number of fused-ring (bicyclic) bond motifs is 1. The highest BCUT2D eigenvalue weighted by Gasteiger charge is 2.35. The summed E-state index contributed by atoms with van der Waals surface area (Å²) in [6.07, 6.45) is -0.847. The van der Waals surface area contributed by atoms with Crippen molar-refractivity contribution in [1.29, 1.82) is 0 Å². The molecule has 0 unspecified atom stereocenters. The van der Waals surface area contributed by atoms with Crippen LogP contribution in [0.25, 0.3) is 0 Å². The molecule has 0 aliphatic carbocycles. The number of carbonyl (C=O) groups is 2. The molecule has 14 nitrogen and oxygen atoms in total. The summed E-state index contributed by atoms with van der Waals surface area (Å²) in [5.74, 6) is -2.73. The van der Waals surface area contributed by atoms with Gasteiger partial charge in [0, 0.05) is 82.9 Å². The standard InChI is InChI=1S/C32H43F2N7O7S/c1-6-47-15-16-48-32(43)41-29-9-11-40(49(44,45)25-18-22(33)17-23(34)19-25)21-27(29)30(37-41)36-31(42)26-8-7-24(39(4)13-12-38(2)3)20-28(26)35-10-14-46-5/h7-8,17-20,35H,6,9-16,21H2,1-5H3,(H,36,37,42). The quantitative estimate of drug-likeness (QED) is 0.212. The molecule has 1 aliphatic rings. The average molecular weight is 708 g/mol. The molecule has 1 aromatic heterocycles. The second-order valence-corrected chi connectivity index (χ2v) is 13.5. The lowest BCUT2D eigenvalue weighted by Crippen LogP contribution is -2.37. The average Bonchev–Trinajstić information content (AvgIpc) is 3.42. The second kappa shape index (κ2) is 17.0. The van der Waals surface area contributed by atoms with Gasteiger partial charge in [-0.1, -0.05) is 0 Å². The molecule has 0 atom stereocenters. The predicted octanol–water partition coefficient (Wildman–Crippen LogP) is 3.24. The van der Waals surface area contributed by atoms with Gasteiger partial charge < -0.3 is 34.6 Å². The first-order valence-corrected chi connectivity index (χ1v) is 17.2. The topological polar surface area (TPSA) is 148 Å². The van der Waals surface area contributed by atoms with Gasteiger partial charge in [0.25, 0.3) is 5.91 Å². The number of rotatable bonds is 16. The number of likely N-dealkylation sites (N-methyl/N-ethyl adjacent to an activating group) is 2. The number of anilines is 3. The van der Waals surface area contributed by atoms with Crippen molar-refractivity contribution in [1.82, 2.24) is 19.0 Å². The minimum atomic E-state index is -4.38. The van der Waals surface area contributed by atoms with Crippen molar-refractivity contribution >= 4 is 39.2 Å². The first-order valence-electron chi connectivity index (χ1n) is 15.7. The molecule has 49 heavy (non-hydrogen) atoms. The lowest BCUT2D eigenvalue weighted by atomic mass is 10.1. The predicted molar refractivity (Wildman–Crippen MR) is 180 cm³/mol. The van der Waals surface area contributed by atoms with Crippen molar-refractivity contribution in [2.75, 3.05) is 96.4 Å². The van der Waals surface area contributed by atoms with Gasteiger partial charge in [-0.2, -0.15) is 8.99 Å². The number of nitrogens with zero attached hydrogens (tertiary/aromatic N) is 5. The molecular weight excluding hydrogens is 664 g/mol. The zero-order valence-corrected chi connectivity index (χ0v) is 29.1. The van der Waals surface area contributed by atoms with Crippen LogP contribution in [0.15, 0.2) is 41.3 Å². The van der Waals surface area contributed by atoms with Crippen molar-refractivity contribution in [3.05, 3.63) is 64.9 Å². The maximum absolute atomic E-state index is 14.0. The van der Waals surface area contributed by atoms with Crippen molar-refractivity contribution < 1.29 is 41.0 Å². The summed E-state index contributed by atoms with van der Waals surface area (Å²) >= 11 is 0. The van der Waals surface area contributed by atoms with E-state index in [1.165, 1.54) is 0 Å². The van der Waals surface area contributed by atoms with E-state index in [2.05, 4.69) is 25.5 Å². The van der Waals surface area contributed by atoms with Gasteiger partial charge in [0.2, 0.25) is 10.0 Å². The van der Waals surface area contributed by atoms with Crippen LogP contribution in [-0.2, 0) is 37.2 Å². The molecule has 1 amide bonds. The SMILES string of the molecule is CCOCCOC(=O)n1nc(NC(=O)c2ccc(N(C)CCN(C)C)cc2NCCOC)c2c1CCN(S(=O)(=O)c1cc(F)cc(F)c1)C2. The zero-order valence-electron chi connectivity index (χ0n) is 28.3. The van der Waals surface area contributed by atoms with Gasteiger partial charge in [0.05, 0.1) is 29.4 Å². The fraction of sp³-hybridized carbons (Fsp3) is 0.469. The van der Waals surface area contributed by atoms with Crippen molar-refractivity contribution in [2.45, 2.75) is 24.8 Å². The van der Waals surface area contributed by atoms with Gasteiger partial charge in [0.1, 0.15) is 18.2 Å². The monoisotopic (exact) mass is 707 g/mol.